The first-order valence-electron chi connectivity index (χ1n) is 5.60. The molecule has 1 heterocycles. The van der Waals surface area contributed by atoms with Gasteiger partial charge in [0.1, 0.15) is 0 Å². The smallest absolute Gasteiger partial charge is 0.213 e. The number of aromatic nitrogens is 1. The Labute approximate surface area is 107 Å². The molecule has 0 aliphatic rings. The highest BCUT2D eigenvalue weighted by Crippen LogP contribution is 2.06. The molecule has 0 aromatic carbocycles. The number of pyridine rings is 1. The van der Waals surface area contributed by atoms with Crippen LogP contribution in [0.5, 0.6) is 5.88 Å². The number of hydrogen-bond donors (Lipinski definition) is 1. The molecule has 0 saturated carbocycles. The summed E-state index contributed by atoms with van der Waals surface area (Å²) in [5, 5.41) is 3.35. The minimum absolute atomic E-state index is 0.0609. The lowest BCUT2D eigenvalue weighted by molar-refractivity contribution is 0.195. The molecule has 0 spiro atoms. The molecule has 0 fully saturated rings. The second-order valence-corrected chi connectivity index (χ2v) is 4.31. The topological polar surface area (TPSA) is 43.4 Å². The Morgan fingerprint density at radius 3 is 2.94 bits per heavy atom. The van der Waals surface area contributed by atoms with Crippen molar-refractivity contribution in [3.63, 3.8) is 0 Å². The van der Waals surface area contributed by atoms with Gasteiger partial charge in [0.25, 0.3) is 0 Å². The van der Waals surface area contributed by atoms with E-state index >= 15 is 0 Å². The number of ether oxygens (including phenoxy) is 2. The number of methoxy groups -OCH3 is 2. The van der Waals surface area contributed by atoms with Gasteiger partial charge in [-0.05, 0) is 19.0 Å². The van der Waals surface area contributed by atoms with Crippen LogP contribution in [0.4, 0.5) is 0 Å². The lowest BCUT2D eigenvalue weighted by atomic mass is 10.3. The molecule has 1 atom stereocenters. The van der Waals surface area contributed by atoms with Crippen LogP contribution in [-0.4, -0.2) is 37.7 Å². The van der Waals surface area contributed by atoms with Gasteiger partial charge >= 0.3 is 0 Å². The standard InChI is InChI=1S/C12H19ClN2O2/c1-16-9-10(13)6-7-14-8-11-4-3-5-12(15-11)17-2/h3-5,10,14H,6-9H2,1-2H3. The van der Waals surface area contributed by atoms with E-state index in [1.54, 1.807) is 14.2 Å². The van der Waals surface area contributed by atoms with Crippen LogP contribution < -0.4 is 10.1 Å². The molecule has 0 amide bonds. The number of hydrogen-bond acceptors (Lipinski definition) is 4. The van der Waals surface area contributed by atoms with Gasteiger partial charge in [0.05, 0.1) is 24.8 Å². The van der Waals surface area contributed by atoms with Crippen LogP contribution in [0.3, 0.4) is 0 Å². The molecule has 0 aliphatic heterocycles. The molecule has 0 radical (unpaired) electrons. The van der Waals surface area contributed by atoms with Gasteiger partial charge in [-0.2, -0.15) is 0 Å². The zero-order valence-electron chi connectivity index (χ0n) is 10.3. The summed E-state index contributed by atoms with van der Waals surface area (Å²) in [6, 6.07) is 5.72. The lowest BCUT2D eigenvalue weighted by Gasteiger charge is -2.09. The van der Waals surface area contributed by atoms with Gasteiger partial charge in [0, 0.05) is 19.7 Å². The monoisotopic (exact) mass is 258 g/mol. The van der Waals surface area contributed by atoms with E-state index in [4.69, 9.17) is 21.1 Å². The van der Waals surface area contributed by atoms with Crippen molar-refractivity contribution in [3.05, 3.63) is 23.9 Å². The van der Waals surface area contributed by atoms with Crippen LogP contribution in [0.2, 0.25) is 0 Å². The Bertz CT molecular complexity index is 323. The number of rotatable bonds is 8. The van der Waals surface area contributed by atoms with E-state index in [0.29, 0.717) is 19.0 Å². The summed E-state index contributed by atoms with van der Waals surface area (Å²) in [6.07, 6.45) is 0.874. The predicted octanol–water partition coefficient (Wildman–Crippen LogP) is 1.82. The number of nitrogens with zero attached hydrogens (tertiary/aromatic N) is 1. The van der Waals surface area contributed by atoms with Gasteiger partial charge in [0.15, 0.2) is 0 Å². The summed E-state index contributed by atoms with van der Waals surface area (Å²) in [5.74, 6) is 0.638. The highest BCUT2D eigenvalue weighted by atomic mass is 35.5. The molecule has 1 rings (SSSR count). The van der Waals surface area contributed by atoms with Gasteiger partial charge in [-0.3, -0.25) is 0 Å². The van der Waals surface area contributed by atoms with Crippen molar-refractivity contribution in [1.82, 2.24) is 10.3 Å². The molecule has 1 aromatic rings. The third kappa shape index (κ3) is 5.86. The molecule has 96 valence electrons. The molecule has 1 N–H and O–H groups in total. The first-order chi connectivity index (χ1) is 8.26. The highest BCUT2D eigenvalue weighted by molar-refractivity contribution is 6.20. The highest BCUT2D eigenvalue weighted by Gasteiger charge is 2.03. The molecule has 0 bridgehead atoms. The molecular weight excluding hydrogens is 240 g/mol. The van der Waals surface area contributed by atoms with Crippen LogP contribution in [0.15, 0.2) is 18.2 Å². The maximum Gasteiger partial charge on any atom is 0.213 e. The van der Waals surface area contributed by atoms with Crippen molar-refractivity contribution in [2.24, 2.45) is 0 Å². The van der Waals surface area contributed by atoms with E-state index in [1.807, 2.05) is 18.2 Å². The summed E-state index contributed by atoms with van der Waals surface area (Å²) >= 11 is 6.01. The molecule has 17 heavy (non-hydrogen) atoms. The van der Waals surface area contributed by atoms with Crippen molar-refractivity contribution < 1.29 is 9.47 Å². The van der Waals surface area contributed by atoms with Gasteiger partial charge in [-0.1, -0.05) is 6.07 Å². The fraction of sp³-hybridized carbons (Fsp3) is 0.583. The number of alkyl halides is 1. The Balaban J connectivity index is 2.21. The fourth-order valence-corrected chi connectivity index (χ4v) is 1.64. The van der Waals surface area contributed by atoms with Crippen molar-refractivity contribution in [3.8, 4) is 5.88 Å². The van der Waals surface area contributed by atoms with Gasteiger partial charge in [0.2, 0.25) is 5.88 Å². The summed E-state index contributed by atoms with van der Waals surface area (Å²) < 4.78 is 10.0. The molecule has 1 unspecified atom stereocenters. The van der Waals surface area contributed by atoms with Crippen LogP contribution in [0.1, 0.15) is 12.1 Å². The maximum atomic E-state index is 6.01. The summed E-state index contributed by atoms with van der Waals surface area (Å²) in [4.78, 5) is 4.30. The molecule has 5 heteroatoms. The summed E-state index contributed by atoms with van der Waals surface area (Å²) in [5.41, 5.74) is 0.960. The second kappa shape index (κ2) is 8.28. The fourth-order valence-electron chi connectivity index (χ4n) is 1.41. The van der Waals surface area contributed by atoms with E-state index in [-0.39, 0.29) is 5.38 Å². The van der Waals surface area contributed by atoms with E-state index in [9.17, 15) is 0 Å². The van der Waals surface area contributed by atoms with Gasteiger partial charge in [-0.15, -0.1) is 11.6 Å². The lowest BCUT2D eigenvalue weighted by Crippen LogP contribution is -2.20. The SMILES string of the molecule is COCC(Cl)CCNCc1cccc(OC)n1. The van der Waals surface area contributed by atoms with E-state index in [1.165, 1.54) is 0 Å². The van der Waals surface area contributed by atoms with Crippen LogP contribution in [0, 0.1) is 0 Å². The van der Waals surface area contributed by atoms with Crippen LogP contribution in [-0.2, 0) is 11.3 Å². The molecule has 0 aliphatic carbocycles. The second-order valence-electron chi connectivity index (χ2n) is 3.69. The summed E-state index contributed by atoms with van der Waals surface area (Å²) in [6.45, 7) is 2.14. The number of nitrogens with one attached hydrogen (secondary N) is 1. The molecular formula is C12H19ClN2O2. The minimum Gasteiger partial charge on any atom is -0.481 e. The van der Waals surface area contributed by atoms with Crippen molar-refractivity contribution in [2.75, 3.05) is 27.4 Å². The van der Waals surface area contributed by atoms with E-state index in [2.05, 4.69) is 10.3 Å². The Morgan fingerprint density at radius 2 is 2.24 bits per heavy atom. The van der Waals surface area contributed by atoms with E-state index in [0.717, 1.165) is 18.7 Å². The van der Waals surface area contributed by atoms with Crippen LogP contribution in [0.25, 0.3) is 0 Å². The maximum absolute atomic E-state index is 6.01. The first-order valence-corrected chi connectivity index (χ1v) is 6.03. The zero-order valence-corrected chi connectivity index (χ0v) is 11.0. The van der Waals surface area contributed by atoms with Crippen molar-refractivity contribution in [1.29, 1.82) is 0 Å². The minimum atomic E-state index is 0.0609. The van der Waals surface area contributed by atoms with Crippen molar-refractivity contribution >= 4 is 11.6 Å². The zero-order chi connectivity index (χ0) is 12.5. The summed E-state index contributed by atoms with van der Waals surface area (Å²) in [7, 11) is 3.27. The van der Waals surface area contributed by atoms with Gasteiger partial charge in [-0.25, -0.2) is 4.98 Å². The Morgan fingerprint density at radius 1 is 1.41 bits per heavy atom. The third-order valence-electron chi connectivity index (χ3n) is 2.28. The third-order valence-corrected chi connectivity index (χ3v) is 2.62. The molecule has 1 aromatic heterocycles. The molecule has 0 saturated heterocycles. The van der Waals surface area contributed by atoms with Crippen LogP contribution >= 0.6 is 11.6 Å². The van der Waals surface area contributed by atoms with E-state index < -0.39 is 0 Å². The molecule has 4 nitrogen and oxygen atoms in total. The Kier molecular flexibility index (Phi) is 6.93. The average Bonchev–Trinajstić information content (AvgIpc) is 2.35. The van der Waals surface area contributed by atoms with Crippen molar-refractivity contribution in [2.45, 2.75) is 18.3 Å². The Hall–Kier alpha value is -0.840. The number of halogens is 1. The average molecular weight is 259 g/mol. The largest absolute Gasteiger partial charge is 0.481 e. The normalized spacial score (nSPS) is 12.4. The first kappa shape index (κ1) is 14.2. The predicted molar refractivity (Wildman–Crippen MR) is 68.6 cm³/mol. The van der Waals surface area contributed by atoms with Gasteiger partial charge < -0.3 is 14.8 Å². The quantitative estimate of drug-likeness (QED) is 0.571.